The van der Waals surface area contributed by atoms with Crippen LogP contribution in [-0.4, -0.2) is 47.2 Å². The SMILES string of the molecule is CCN(CC)CCOc1ccncc1C(=O)O. The lowest BCUT2D eigenvalue weighted by atomic mass is 10.2. The summed E-state index contributed by atoms with van der Waals surface area (Å²) in [7, 11) is 0. The number of aromatic carboxylic acids is 1. The molecular weight excluding hydrogens is 220 g/mol. The van der Waals surface area contributed by atoms with E-state index in [4.69, 9.17) is 9.84 Å². The molecule has 5 nitrogen and oxygen atoms in total. The number of ether oxygens (including phenoxy) is 1. The highest BCUT2D eigenvalue weighted by Crippen LogP contribution is 2.16. The van der Waals surface area contributed by atoms with E-state index in [9.17, 15) is 4.79 Å². The standard InChI is InChI=1S/C12H18N2O3/c1-3-14(4-2)7-8-17-11-5-6-13-9-10(11)12(15)16/h5-6,9H,3-4,7-8H2,1-2H3,(H,15,16). The first-order valence-electron chi connectivity index (χ1n) is 5.71. The highest BCUT2D eigenvalue weighted by atomic mass is 16.5. The number of aromatic nitrogens is 1. The average molecular weight is 238 g/mol. The third-order valence-corrected chi connectivity index (χ3v) is 2.57. The molecule has 1 N–H and O–H groups in total. The van der Waals surface area contributed by atoms with Gasteiger partial charge >= 0.3 is 5.97 Å². The van der Waals surface area contributed by atoms with E-state index in [1.54, 1.807) is 6.07 Å². The van der Waals surface area contributed by atoms with Gasteiger partial charge in [-0.25, -0.2) is 4.79 Å². The molecule has 0 atom stereocenters. The molecule has 0 unspecified atom stereocenters. The van der Waals surface area contributed by atoms with Crippen molar-refractivity contribution in [3.05, 3.63) is 24.0 Å². The minimum atomic E-state index is -1.02. The second-order valence-electron chi connectivity index (χ2n) is 3.55. The Balaban J connectivity index is 2.54. The van der Waals surface area contributed by atoms with E-state index in [2.05, 4.69) is 23.7 Å². The van der Waals surface area contributed by atoms with Crippen molar-refractivity contribution in [2.45, 2.75) is 13.8 Å². The van der Waals surface area contributed by atoms with Gasteiger partial charge in [0, 0.05) is 18.9 Å². The molecule has 0 bridgehead atoms. The monoisotopic (exact) mass is 238 g/mol. The fraction of sp³-hybridized carbons (Fsp3) is 0.500. The topological polar surface area (TPSA) is 62.7 Å². The van der Waals surface area contributed by atoms with Crippen LogP contribution in [0.5, 0.6) is 5.75 Å². The van der Waals surface area contributed by atoms with E-state index in [1.165, 1.54) is 12.4 Å². The summed E-state index contributed by atoms with van der Waals surface area (Å²) in [4.78, 5) is 16.9. The Bertz CT molecular complexity index is 365. The van der Waals surface area contributed by atoms with Crippen LogP contribution in [0.2, 0.25) is 0 Å². The van der Waals surface area contributed by atoms with Crippen molar-refractivity contribution in [3.8, 4) is 5.75 Å². The van der Waals surface area contributed by atoms with Gasteiger partial charge in [0.15, 0.2) is 0 Å². The number of rotatable bonds is 7. The predicted octanol–water partition coefficient (Wildman–Crippen LogP) is 1.50. The predicted molar refractivity (Wildman–Crippen MR) is 64.5 cm³/mol. The van der Waals surface area contributed by atoms with Crippen LogP contribution in [-0.2, 0) is 0 Å². The molecule has 0 spiro atoms. The van der Waals surface area contributed by atoms with E-state index in [0.29, 0.717) is 12.4 Å². The third-order valence-electron chi connectivity index (χ3n) is 2.57. The Kier molecular flexibility index (Phi) is 5.42. The lowest BCUT2D eigenvalue weighted by Crippen LogP contribution is -2.28. The van der Waals surface area contributed by atoms with Crippen molar-refractivity contribution in [1.82, 2.24) is 9.88 Å². The van der Waals surface area contributed by atoms with E-state index in [-0.39, 0.29) is 5.56 Å². The van der Waals surface area contributed by atoms with Gasteiger partial charge in [-0.2, -0.15) is 0 Å². The maximum atomic E-state index is 10.9. The van der Waals surface area contributed by atoms with Crippen molar-refractivity contribution in [3.63, 3.8) is 0 Å². The molecule has 0 aliphatic heterocycles. The van der Waals surface area contributed by atoms with Crippen LogP contribution in [0.15, 0.2) is 18.5 Å². The summed E-state index contributed by atoms with van der Waals surface area (Å²) in [5.74, 6) is -0.643. The molecule has 0 saturated heterocycles. The summed E-state index contributed by atoms with van der Waals surface area (Å²) in [5, 5.41) is 8.94. The molecule has 0 aliphatic rings. The summed E-state index contributed by atoms with van der Waals surface area (Å²) in [5.41, 5.74) is 0.104. The quantitative estimate of drug-likeness (QED) is 0.780. The maximum absolute atomic E-state index is 10.9. The van der Waals surface area contributed by atoms with Crippen molar-refractivity contribution in [1.29, 1.82) is 0 Å². The van der Waals surface area contributed by atoms with Crippen LogP contribution in [0.1, 0.15) is 24.2 Å². The Morgan fingerprint density at radius 1 is 1.47 bits per heavy atom. The molecule has 0 radical (unpaired) electrons. The second-order valence-corrected chi connectivity index (χ2v) is 3.55. The molecule has 1 aromatic heterocycles. The number of carbonyl (C=O) groups is 1. The molecule has 17 heavy (non-hydrogen) atoms. The van der Waals surface area contributed by atoms with Crippen molar-refractivity contribution >= 4 is 5.97 Å². The summed E-state index contributed by atoms with van der Waals surface area (Å²) in [6.45, 7) is 7.35. The van der Waals surface area contributed by atoms with Crippen LogP contribution in [0.3, 0.4) is 0 Å². The van der Waals surface area contributed by atoms with Crippen molar-refractivity contribution in [2.24, 2.45) is 0 Å². The normalized spacial score (nSPS) is 10.5. The van der Waals surface area contributed by atoms with Gasteiger partial charge in [0.2, 0.25) is 0 Å². The lowest BCUT2D eigenvalue weighted by Gasteiger charge is -2.18. The smallest absolute Gasteiger partial charge is 0.341 e. The van der Waals surface area contributed by atoms with Crippen LogP contribution >= 0.6 is 0 Å². The van der Waals surface area contributed by atoms with E-state index in [1.807, 2.05) is 0 Å². The first kappa shape index (κ1) is 13.4. The fourth-order valence-corrected chi connectivity index (χ4v) is 1.49. The van der Waals surface area contributed by atoms with Gasteiger partial charge in [-0.05, 0) is 19.2 Å². The number of pyridine rings is 1. The van der Waals surface area contributed by atoms with Gasteiger partial charge in [0.25, 0.3) is 0 Å². The zero-order chi connectivity index (χ0) is 12.7. The van der Waals surface area contributed by atoms with Gasteiger partial charge in [-0.1, -0.05) is 13.8 Å². The van der Waals surface area contributed by atoms with Gasteiger partial charge in [0.1, 0.15) is 17.9 Å². The van der Waals surface area contributed by atoms with Gasteiger partial charge < -0.3 is 14.7 Å². The molecule has 0 aromatic carbocycles. The molecule has 1 rings (SSSR count). The minimum Gasteiger partial charge on any atom is -0.491 e. The number of nitrogens with zero attached hydrogens (tertiary/aromatic N) is 2. The van der Waals surface area contributed by atoms with Gasteiger partial charge in [-0.3, -0.25) is 4.98 Å². The highest BCUT2D eigenvalue weighted by molar-refractivity contribution is 5.90. The van der Waals surface area contributed by atoms with E-state index < -0.39 is 5.97 Å². The fourth-order valence-electron chi connectivity index (χ4n) is 1.49. The second kappa shape index (κ2) is 6.85. The molecular formula is C12H18N2O3. The first-order valence-corrected chi connectivity index (χ1v) is 5.71. The minimum absolute atomic E-state index is 0.104. The molecule has 0 aliphatic carbocycles. The largest absolute Gasteiger partial charge is 0.491 e. The number of carboxylic acid groups (broad SMARTS) is 1. The van der Waals surface area contributed by atoms with E-state index >= 15 is 0 Å². The number of likely N-dealkylation sites (N-methyl/N-ethyl adjacent to an activating group) is 1. The Labute approximate surface area is 101 Å². The molecule has 0 fully saturated rings. The summed E-state index contributed by atoms with van der Waals surface area (Å²) in [6, 6.07) is 1.58. The summed E-state index contributed by atoms with van der Waals surface area (Å²) in [6.07, 6.45) is 2.83. The van der Waals surface area contributed by atoms with Crippen LogP contribution in [0.4, 0.5) is 0 Å². The highest BCUT2D eigenvalue weighted by Gasteiger charge is 2.10. The zero-order valence-electron chi connectivity index (χ0n) is 10.2. The van der Waals surface area contributed by atoms with Crippen LogP contribution in [0.25, 0.3) is 0 Å². The first-order chi connectivity index (χ1) is 8.19. The Hall–Kier alpha value is -1.62. The zero-order valence-corrected chi connectivity index (χ0v) is 10.2. The van der Waals surface area contributed by atoms with Crippen LogP contribution in [0, 0.1) is 0 Å². The van der Waals surface area contributed by atoms with Gasteiger partial charge in [0.05, 0.1) is 0 Å². The number of hydrogen-bond acceptors (Lipinski definition) is 4. The summed E-state index contributed by atoms with van der Waals surface area (Å²) >= 11 is 0. The van der Waals surface area contributed by atoms with Crippen molar-refractivity contribution in [2.75, 3.05) is 26.2 Å². The number of hydrogen-bond donors (Lipinski definition) is 1. The Morgan fingerprint density at radius 2 is 2.18 bits per heavy atom. The van der Waals surface area contributed by atoms with Gasteiger partial charge in [-0.15, -0.1) is 0 Å². The molecule has 1 heterocycles. The molecule has 5 heteroatoms. The molecule has 0 saturated carbocycles. The summed E-state index contributed by atoms with van der Waals surface area (Å²) < 4.78 is 5.47. The van der Waals surface area contributed by atoms with Crippen LogP contribution < -0.4 is 4.74 Å². The molecule has 94 valence electrons. The molecule has 0 amide bonds. The Morgan fingerprint density at radius 3 is 2.76 bits per heavy atom. The maximum Gasteiger partial charge on any atom is 0.341 e. The molecule has 1 aromatic rings. The average Bonchev–Trinajstić information content (AvgIpc) is 2.35. The third kappa shape index (κ3) is 4.03. The number of carboxylic acids is 1. The van der Waals surface area contributed by atoms with Crippen molar-refractivity contribution < 1.29 is 14.6 Å². The lowest BCUT2D eigenvalue weighted by molar-refractivity contribution is 0.0691. The van der Waals surface area contributed by atoms with E-state index in [0.717, 1.165) is 19.6 Å².